The average Bonchev–Trinajstić information content (AvgIpc) is 2.45. The first kappa shape index (κ1) is 14.2. The highest BCUT2D eigenvalue weighted by molar-refractivity contribution is 5.92. The Bertz CT molecular complexity index is 555. The molecular formula is C16H19N3O. The van der Waals surface area contributed by atoms with Crippen LogP contribution >= 0.6 is 0 Å². The number of rotatable bonds is 6. The lowest BCUT2D eigenvalue weighted by Gasteiger charge is -2.07. The molecule has 0 spiro atoms. The third kappa shape index (κ3) is 4.82. The molecule has 1 aromatic carbocycles. The molecule has 2 N–H and O–H groups in total. The summed E-state index contributed by atoms with van der Waals surface area (Å²) >= 11 is 0. The largest absolute Gasteiger partial charge is 0.325 e. The second-order valence-electron chi connectivity index (χ2n) is 4.71. The number of aromatic nitrogens is 1. The minimum Gasteiger partial charge on any atom is -0.325 e. The Morgan fingerprint density at radius 1 is 1.25 bits per heavy atom. The van der Waals surface area contributed by atoms with Crippen LogP contribution in [0.3, 0.4) is 0 Å². The van der Waals surface area contributed by atoms with Gasteiger partial charge in [0.25, 0.3) is 0 Å². The number of pyridine rings is 1. The summed E-state index contributed by atoms with van der Waals surface area (Å²) in [6.45, 7) is 3.07. The molecule has 4 nitrogen and oxygen atoms in total. The van der Waals surface area contributed by atoms with Crippen molar-refractivity contribution in [3.63, 3.8) is 0 Å². The molecule has 1 aromatic heterocycles. The minimum absolute atomic E-state index is 0.0261. The molecule has 104 valence electrons. The van der Waals surface area contributed by atoms with Crippen LogP contribution in [-0.2, 0) is 11.2 Å². The summed E-state index contributed by atoms with van der Waals surface area (Å²) in [4.78, 5) is 15.8. The van der Waals surface area contributed by atoms with Gasteiger partial charge in [-0.3, -0.25) is 9.78 Å². The Labute approximate surface area is 119 Å². The predicted molar refractivity (Wildman–Crippen MR) is 80.6 cm³/mol. The maximum Gasteiger partial charge on any atom is 0.238 e. The van der Waals surface area contributed by atoms with Crippen LogP contribution in [0.25, 0.3) is 0 Å². The lowest BCUT2D eigenvalue weighted by Crippen LogP contribution is -2.29. The van der Waals surface area contributed by atoms with E-state index in [1.54, 1.807) is 6.20 Å². The van der Waals surface area contributed by atoms with E-state index in [-0.39, 0.29) is 5.91 Å². The van der Waals surface area contributed by atoms with Crippen LogP contribution < -0.4 is 10.6 Å². The Balaban J connectivity index is 1.68. The Morgan fingerprint density at radius 2 is 2.15 bits per heavy atom. The molecule has 20 heavy (non-hydrogen) atoms. The molecule has 1 amide bonds. The number of anilines is 1. The van der Waals surface area contributed by atoms with Crippen LogP contribution in [0, 0.1) is 6.92 Å². The van der Waals surface area contributed by atoms with E-state index in [2.05, 4.69) is 15.6 Å². The van der Waals surface area contributed by atoms with Crippen molar-refractivity contribution in [2.24, 2.45) is 0 Å². The molecule has 0 radical (unpaired) electrons. The van der Waals surface area contributed by atoms with Gasteiger partial charge in [-0.1, -0.05) is 18.2 Å². The van der Waals surface area contributed by atoms with Gasteiger partial charge in [-0.2, -0.15) is 0 Å². The van der Waals surface area contributed by atoms with E-state index >= 15 is 0 Å². The van der Waals surface area contributed by atoms with Crippen molar-refractivity contribution >= 4 is 11.6 Å². The van der Waals surface area contributed by atoms with Gasteiger partial charge >= 0.3 is 0 Å². The quantitative estimate of drug-likeness (QED) is 0.790. The van der Waals surface area contributed by atoms with Gasteiger partial charge in [0, 0.05) is 18.1 Å². The van der Waals surface area contributed by atoms with Crippen molar-refractivity contribution in [3.05, 3.63) is 59.9 Å². The first-order chi connectivity index (χ1) is 9.74. The van der Waals surface area contributed by atoms with Crippen LogP contribution in [0.2, 0.25) is 0 Å². The standard InChI is InChI=1S/C16H19N3O/c1-13-4-2-6-15(10-13)19-16(20)12-18-9-7-14-5-3-8-17-11-14/h2-6,8,10-11,18H,7,9,12H2,1H3,(H,19,20). The van der Waals surface area contributed by atoms with E-state index in [4.69, 9.17) is 0 Å². The van der Waals surface area contributed by atoms with Crippen LogP contribution in [0.5, 0.6) is 0 Å². The zero-order valence-corrected chi connectivity index (χ0v) is 11.6. The van der Waals surface area contributed by atoms with Gasteiger partial charge in [-0.25, -0.2) is 0 Å². The zero-order chi connectivity index (χ0) is 14.2. The molecule has 0 fully saturated rings. The first-order valence-electron chi connectivity index (χ1n) is 6.70. The second-order valence-corrected chi connectivity index (χ2v) is 4.71. The smallest absolute Gasteiger partial charge is 0.238 e. The maximum absolute atomic E-state index is 11.7. The zero-order valence-electron chi connectivity index (χ0n) is 11.6. The van der Waals surface area contributed by atoms with Crippen molar-refractivity contribution in [1.82, 2.24) is 10.3 Å². The number of aryl methyl sites for hydroxylation is 1. The topological polar surface area (TPSA) is 54.0 Å². The van der Waals surface area contributed by atoms with E-state index in [1.807, 2.05) is 49.5 Å². The van der Waals surface area contributed by atoms with E-state index in [9.17, 15) is 4.79 Å². The van der Waals surface area contributed by atoms with Crippen molar-refractivity contribution < 1.29 is 4.79 Å². The summed E-state index contributed by atoms with van der Waals surface area (Å²) in [6.07, 6.45) is 4.46. The highest BCUT2D eigenvalue weighted by Crippen LogP contribution is 2.08. The number of nitrogens with zero attached hydrogens (tertiary/aromatic N) is 1. The minimum atomic E-state index is -0.0261. The van der Waals surface area contributed by atoms with Crippen LogP contribution in [0.15, 0.2) is 48.8 Å². The molecule has 0 aliphatic carbocycles. The van der Waals surface area contributed by atoms with Gasteiger partial charge in [-0.15, -0.1) is 0 Å². The van der Waals surface area contributed by atoms with Gasteiger partial charge in [0.15, 0.2) is 0 Å². The van der Waals surface area contributed by atoms with Gasteiger partial charge in [0.1, 0.15) is 0 Å². The number of carbonyl (C=O) groups is 1. The monoisotopic (exact) mass is 269 g/mol. The summed E-state index contributed by atoms with van der Waals surface area (Å²) < 4.78 is 0. The van der Waals surface area contributed by atoms with Crippen LogP contribution in [0.1, 0.15) is 11.1 Å². The SMILES string of the molecule is Cc1cccc(NC(=O)CNCCc2cccnc2)c1. The molecule has 1 heterocycles. The van der Waals surface area contributed by atoms with E-state index in [0.29, 0.717) is 6.54 Å². The molecule has 2 rings (SSSR count). The number of amides is 1. The van der Waals surface area contributed by atoms with Gasteiger partial charge in [-0.05, 0) is 49.2 Å². The van der Waals surface area contributed by atoms with E-state index in [1.165, 1.54) is 5.56 Å². The van der Waals surface area contributed by atoms with E-state index in [0.717, 1.165) is 24.2 Å². The Hall–Kier alpha value is -2.20. The highest BCUT2D eigenvalue weighted by atomic mass is 16.1. The van der Waals surface area contributed by atoms with Crippen molar-refractivity contribution in [1.29, 1.82) is 0 Å². The summed E-state index contributed by atoms with van der Waals surface area (Å²) in [6, 6.07) is 11.7. The van der Waals surface area contributed by atoms with Crippen LogP contribution in [0.4, 0.5) is 5.69 Å². The molecule has 0 aliphatic heterocycles. The van der Waals surface area contributed by atoms with Gasteiger partial charge in [0.2, 0.25) is 5.91 Å². The van der Waals surface area contributed by atoms with Crippen molar-refractivity contribution in [3.8, 4) is 0 Å². The molecule has 0 unspecified atom stereocenters. The predicted octanol–water partition coefficient (Wildman–Crippen LogP) is 2.16. The molecule has 0 atom stereocenters. The maximum atomic E-state index is 11.7. The van der Waals surface area contributed by atoms with Crippen LogP contribution in [-0.4, -0.2) is 24.0 Å². The fraction of sp³-hybridized carbons (Fsp3) is 0.250. The fourth-order valence-electron chi connectivity index (χ4n) is 1.91. The molecule has 2 aromatic rings. The normalized spacial score (nSPS) is 10.2. The lowest BCUT2D eigenvalue weighted by atomic mass is 10.2. The molecule has 4 heteroatoms. The summed E-state index contributed by atoms with van der Waals surface area (Å²) in [5.41, 5.74) is 3.13. The van der Waals surface area contributed by atoms with E-state index < -0.39 is 0 Å². The fourth-order valence-corrected chi connectivity index (χ4v) is 1.91. The summed E-state index contributed by atoms with van der Waals surface area (Å²) in [5, 5.41) is 6.00. The molecule has 0 bridgehead atoms. The van der Waals surface area contributed by atoms with Crippen molar-refractivity contribution in [2.75, 3.05) is 18.4 Å². The average molecular weight is 269 g/mol. The number of carbonyl (C=O) groups excluding carboxylic acids is 1. The molecule has 0 saturated heterocycles. The first-order valence-corrected chi connectivity index (χ1v) is 6.70. The van der Waals surface area contributed by atoms with Gasteiger partial charge < -0.3 is 10.6 Å². The Morgan fingerprint density at radius 3 is 2.90 bits per heavy atom. The van der Waals surface area contributed by atoms with Gasteiger partial charge in [0.05, 0.1) is 6.54 Å². The summed E-state index contributed by atoms with van der Waals surface area (Å²) in [7, 11) is 0. The highest BCUT2D eigenvalue weighted by Gasteiger charge is 2.01. The molecule has 0 saturated carbocycles. The third-order valence-electron chi connectivity index (χ3n) is 2.90. The number of hydrogen-bond donors (Lipinski definition) is 2. The molecular weight excluding hydrogens is 250 g/mol. The lowest BCUT2D eigenvalue weighted by molar-refractivity contribution is -0.115. The summed E-state index contributed by atoms with van der Waals surface area (Å²) in [5.74, 6) is -0.0261. The molecule has 0 aliphatic rings. The second kappa shape index (κ2) is 7.40. The Kier molecular flexibility index (Phi) is 5.26. The number of hydrogen-bond acceptors (Lipinski definition) is 3. The number of nitrogens with one attached hydrogen (secondary N) is 2. The number of benzene rings is 1. The van der Waals surface area contributed by atoms with Crippen molar-refractivity contribution in [2.45, 2.75) is 13.3 Å². The third-order valence-corrected chi connectivity index (χ3v) is 2.90.